The van der Waals surface area contributed by atoms with Crippen molar-refractivity contribution in [1.82, 2.24) is 19.1 Å². The summed E-state index contributed by atoms with van der Waals surface area (Å²) in [5.74, 6) is -1.45. The van der Waals surface area contributed by atoms with E-state index in [2.05, 4.69) is 0 Å². The first-order valence-electron chi connectivity index (χ1n) is 12.5. The highest BCUT2D eigenvalue weighted by Gasteiger charge is 2.59. The van der Waals surface area contributed by atoms with Crippen molar-refractivity contribution in [3.8, 4) is 0 Å². The third kappa shape index (κ3) is 4.33. The highest BCUT2D eigenvalue weighted by Crippen LogP contribution is 2.53. The zero-order chi connectivity index (χ0) is 26.9. The lowest BCUT2D eigenvalue weighted by Crippen LogP contribution is -2.39. The van der Waals surface area contributed by atoms with Gasteiger partial charge in [-0.1, -0.05) is 24.3 Å². The maximum atomic E-state index is 13.7. The summed E-state index contributed by atoms with van der Waals surface area (Å²) in [6.45, 7) is 9.07. The Hall–Kier alpha value is -3.44. The van der Waals surface area contributed by atoms with Crippen molar-refractivity contribution < 1.29 is 23.8 Å². The second-order valence-corrected chi connectivity index (χ2v) is 10.4. The molecule has 1 aliphatic rings. The molecule has 0 N–H and O–H groups in total. The number of carbonyl (C=O) groups is 2. The second-order valence-electron chi connectivity index (χ2n) is 8.28. The van der Waals surface area contributed by atoms with Gasteiger partial charge in [-0.05, 0) is 75.5 Å². The number of rotatable bonds is 10. The summed E-state index contributed by atoms with van der Waals surface area (Å²) < 4.78 is 21.2. The number of fused-ring (bicyclic) bond motifs is 2. The van der Waals surface area contributed by atoms with Crippen LogP contribution in [0.4, 0.5) is 0 Å². The van der Waals surface area contributed by atoms with E-state index >= 15 is 0 Å². The van der Waals surface area contributed by atoms with Crippen molar-refractivity contribution in [1.29, 1.82) is 0 Å². The molecule has 4 aromatic rings. The SMILES string of the molecule is CCOC(=O)C1(Sc2nc3ccccc3n2CC)OC(=O)C(OCC)=C1Sc1nc2ccccc2n1CC. The van der Waals surface area contributed by atoms with Crippen LogP contribution in [0.3, 0.4) is 0 Å². The van der Waals surface area contributed by atoms with E-state index in [9.17, 15) is 9.59 Å². The monoisotopic (exact) mass is 552 g/mol. The minimum absolute atomic E-state index is 0.0214. The van der Waals surface area contributed by atoms with Gasteiger partial charge in [0.1, 0.15) is 4.91 Å². The first-order chi connectivity index (χ1) is 18.5. The van der Waals surface area contributed by atoms with Crippen LogP contribution < -0.4 is 0 Å². The summed E-state index contributed by atoms with van der Waals surface area (Å²) in [4.78, 5) is 35.0. The number of aromatic nitrogens is 4. The van der Waals surface area contributed by atoms with Gasteiger partial charge in [0, 0.05) is 13.1 Å². The number of esters is 2. The van der Waals surface area contributed by atoms with E-state index < -0.39 is 16.9 Å². The molecular weight excluding hydrogens is 524 g/mol. The fourth-order valence-corrected chi connectivity index (χ4v) is 7.00. The van der Waals surface area contributed by atoms with Gasteiger partial charge in [-0.3, -0.25) is 0 Å². The molecule has 0 fully saturated rings. The molecule has 0 spiro atoms. The van der Waals surface area contributed by atoms with Crippen LogP contribution in [-0.4, -0.2) is 49.2 Å². The minimum atomic E-state index is -1.85. The van der Waals surface area contributed by atoms with Crippen LogP contribution in [-0.2, 0) is 36.9 Å². The predicted octanol–water partition coefficient (Wildman–Crippen LogP) is 5.37. The van der Waals surface area contributed by atoms with E-state index in [1.54, 1.807) is 13.8 Å². The van der Waals surface area contributed by atoms with E-state index in [0.717, 1.165) is 33.8 Å². The molecule has 11 heteroatoms. The molecule has 0 saturated carbocycles. The lowest BCUT2D eigenvalue weighted by atomic mass is 10.3. The fourth-order valence-electron chi connectivity index (χ4n) is 4.41. The Kier molecular flexibility index (Phi) is 7.40. The molecule has 0 aliphatic carbocycles. The van der Waals surface area contributed by atoms with Crippen molar-refractivity contribution in [3.63, 3.8) is 0 Å². The van der Waals surface area contributed by atoms with Crippen LogP contribution in [0.1, 0.15) is 27.7 Å². The van der Waals surface area contributed by atoms with Gasteiger partial charge in [0.25, 0.3) is 4.93 Å². The van der Waals surface area contributed by atoms with Gasteiger partial charge in [0.2, 0.25) is 5.76 Å². The smallest absolute Gasteiger partial charge is 0.376 e. The summed E-state index contributed by atoms with van der Waals surface area (Å²) in [6, 6.07) is 15.5. The van der Waals surface area contributed by atoms with E-state index in [1.165, 1.54) is 11.8 Å². The number of ether oxygens (including phenoxy) is 3. The van der Waals surface area contributed by atoms with Crippen molar-refractivity contribution in [2.24, 2.45) is 0 Å². The number of carbonyl (C=O) groups excluding carboxylic acids is 2. The second kappa shape index (κ2) is 10.7. The molecule has 1 aliphatic heterocycles. The van der Waals surface area contributed by atoms with E-state index in [-0.39, 0.29) is 23.9 Å². The first kappa shape index (κ1) is 26.2. The maximum Gasteiger partial charge on any atom is 0.376 e. The van der Waals surface area contributed by atoms with Crippen LogP contribution >= 0.6 is 23.5 Å². The van der Waals surface area contributed by atoms with Crippen molar-refractivity contribution in [2.75, 3.05) is 13.2 Å². The molecule has 0 amide bonds. The van der Waals surface area contributed by atoms with Gasteiger partial charge in [0.15, 0.2) is 10.3 Å². The summed E-state index contributed by atoms with van der Waals surface area (Å²) in [7, 11) is 0. The van der Waals surface area contributed by atoms with Gasteiger partial charge in [-0.2, -0.15) is 0 Å². The number of benzene rings is 2. The summed E-state index contributed by atoms with van der Waals surface area (Å²) in [6.07, 6.45) is 0. The Morgan fingerprint density at radius 3 is 2.05 bits per heavy atom. The summed E-state index contributed by atoms with van der Waals surface area (Å²) >= 11 is 2.23. The summed E-state index contributed by atoms with van der Waals surface area (Å²) in [5, 5.41) is 1.13. The number of para-hydroxylation sites is 4. The van der Waals surface area contributed by atoms with E-state index in [0.29, 0.717) is 23.4 Å². The van der Waals surface area contributed by atoms with Gasteiger partial charge in [0.05, 0.1) is 35.3 Å². The van der Waals surface area contributed by atoms with Crippen LogP contribution in [0.2, 0.25) is 0 Å². The van der Waals surface area contributed by atoms with Crippen LogP contribution in [0.15, 0.2) is 69.5 Å². The van der Waals surface area contributed by atoms with E-state index in [1.807, 2.05) is 71.5 Å². The topological polar surface area (TPSA) is 97.5 Å². The molecule has 9 nitrogen and oxygen atoms in total. The number of imidazole rings is 2. The molecule has 1 atom stereocenters. The largest absolute Gasteiger partial charge is 0.486 e. The third-order valence-electron chi connectivity index (χ3n) is 6.06. The quantitative estimate of drug-likeness (QED) is 0.240. The molecule has 198 valence electrons. The van der Waals surface area contributed by atoms with Gasteiger partial charge < -0.3 is 23.3 Å². The third-order valence-corrected chi connectivity index (χ3v) is 8.60. The zero-order valence-electron chi connectivity index (χ0n) is 21.6. The molecule has 5 rings (SSSR count). The predicted molar refractivity (Wildman–Crippen MR) is 147 cm³/mol. The normalized spacial score (nSPS) is 17.4. The van der Waals surface area contributed by atoms with Crippen molar-refractivity contribution in [3.05, 3.63) is 59.2 Å². The van der Waals surface area contributed by atoms with Gasteiger partial charge in [-0.25, -0.2) is 19.6 Å². The number of hydrogen-bond acceptors (Lipinski definition) is 9. The first-order valence-corrected chi connectivity index (χ1v) is 14.2. The Balaban J connectivity index is 1.69. The lowest BCUT2D eigenvalue weighted by Gasteiger charge is -2.26. The Labute approximate surface area is 228 Å². The standard InChI is InChI=1S/C27H28N4O5S2/c1-5-30-19-15-11-9-13-17(19)28-25(30)37-22-21(34-7-3)23(32)36-27(22,24(33)35-8-4)38-26-29-18-14-10-12-16-20(18)31(26)6-2/h9-16H,5-8H2,1-4H3. The van der Waals surface area contributed by atoms with Crippen LogP contribution in [0.5, 0.6) is 0 Å². The van der Waals surface area contributed by atoms with Crippen LogP contribution in [0.25, 0.3) is 22.1 Å². The van der Waals surface area contributed by atoms with Gasteiger partial charge in [-0.15, -0.1) is 0 Å². The van der Waals surface area contributed by atoms with Crippen molar-refractivity contribution in [2.45, 2.75) is 56.0 Å². The zero-order valence-corrected chi connectivity index (χ0v) is 23.2. The number of aryl methyl sites for hydroxylation is 2. The molecule has 1 unspecified atom stereocenters. The summed E-state index contributed by atoms with van der Waals surface area (Å²) in [5.41, 5.74) is 3.44. The molecule has 38 heavy (non-hydrogen) atoms. The van der Waals surface area contributed by atoms with Gasteiger partial charge >= 0.3 is 11.9 Å². The number of cyclic esters (lactones) is 1. The molecule has 2 aromatic heterocycles. The lowest BCUT2D eigenvalue weighted by molar-refractivity contribution is -0.163. The number of hydrogen-bond donors (Lipinski definition) is 0. The Morgan fingerprint density at radius 1 is 0.895 bits per heavy atom. The van der Waals surface area contributed by atoms with E-state index in [4.69, 9.17) is 24.2 Å². The number of nitrogens with zero attached hydrogens (tertiary/aromatic N) is 4. The molecular formula is C27H28N4O5S2. The molecule has 2 aromatic carbocycles. The maximum absolute atomic E-state index is 13.7. The fraction of sp³-hybridized carbons (Fsp3) is 0.333. The Bertz CT molecular complexity index is 1560. The van der Waals surface area contributed by atoms with Crippen molar-refractivity contribution >= 4 is 57.5 Å². The van der Waals surface area contributed by atoms with Crippen LogP contribution in [0, 0.1) is 0 Å². The average Bonchev–Trinajstić information content (AvgIpc) is 3.54. The molecule has 0 bridgehead atoms. The minimum Gasteiger partial charge on any atom is -0.486 e. The highest BCUT2D eigenvalue weighted by molar-refractivity contribution is 8.07. The highest BCUT2D eigenvalue weighted by atomic mass is 32.2. The number of thioether (sulfide) groups is 2. The average molecular weight is 553 g/mol. The Morgan fingerprint density at radius 2 is 1.47 bits per heavy atom. The molecule has 0 radical (unpaired) electrons. The molecule has 3 heterocycles. The molecule has 0 saturated heterocycles.